The second-order valence-corrected chi connectivity index (χ2v) is 2.68. The summed E-state index contributed by atoms with van der Waals surface area (Å²) in [5, 5.41) is 0.896. The summed E-state index contributed by atoms with van der Waals surface area (Å²) < 4.78 is -0.0787. The van der Waals surface area contributed by atoms with Gasteiger partial charge in [0.1, 0.15) is 0 Å². The number of allylic oxidation sites excluding steroid dienone is 3. The molecular weight excluding hydrogens is 260 g/mol. The largest absolute Gasteiger partial charge is 0.282 e. The molecule has 58 valence electrons. The van der Waals surface area contributed by atoms with Gasteiger partial charge in [-0.2, -0.15) is 0 Å². The number of alkyl halides is 1. The molecule has 0 saturated heterocycles. The van der Waals surface area contributed by atoms with Crippen LogP contribution >= 0.6 is 31.9 Å². The Balaban J connectivity index is 0. The van der Waals surface area contributed by atoms with Crippen molar-refractivity contribution in [2.75, 3.05) is 5.33 Å². The first-order valence-corrected chi connectivity index (χ1v) is 4.59. The Morgan fingerprint density at radius 1 is 1.70 bits per heavy atom. The van der Waals surface area contributed by atoms with Crippen molar-refractivity contribution >= 4 is 36.6 Å². The predicted molar refractivity (Wildman–Crippen MR) is 52.7 cm³/mol. The molecule has 0 aromatic rings. The molecular formula is C7H10Br2O. The Morgan fingerprint density at radius 2 is 2.10 bits per heavy atom. The number of halogens is 2. The van der Waals surface area contributed by atoms with E-state index in [2.05, 4.69) is 38.4 Å². The van der Waals surface area contributed by atoms with Crippen LogP contribution in [0.5, 0.6) is 0 Å². The van der Waals surface area contributed by atoms with E-state index in [0.29, 0.717) is 0 Å². The maximum Gasteiger partial charge on any atom is 0.220 e. The summed E-state index contributed by atoms with van der Waals surface area (Å²) >= 11 is 5.84. The van der Waals surface area contributed by atoms with Crippen LogP contribution in [0.25, 0.3) is 0 Å². The van der Waals surface area contributed by atoms with Crippen molar-refractivity contribution < 1.29 is 4.79 Å². The highest BCUT2D eigenvalue weighted by Gasteiger charge is 1.76. The molecule has 0 spiro atoms. The zero-order valence-corrected chi connectivity index (χ0v) is 8.98. The van der Waals surface area contributed by atoms with E-state index in [1.807, 2.05) is 0 Å². The van der Waals surface area contributed by atoms with E-state index in [0.717, 1.165) is 5.33 Å². The van der Waals surface area contributed by atoms with Gasteiger partial charge in [0.15, 0.2) is 0 Å². The summed E-state index contributed by atoms with van der Waals surface area (Å²) in [6, 6.07) is 0. The van der Waals surface area contributed by atoms with Crippen LogP contribution in [0, 0.1) is 0 Å². The minimum Gasteiger partial charge on any atom is -0.282 e. The fourth-order valence-electron chi connectivity index (χ4n) is 0.131. The van der Waals surface area contributed by atoms with E-state index in [1.165, 1.54) is 6.08 Å². The van der Waals surface area contributed by atoms with E-state index < -0.39 is 0 Å². The van der Waals surface area contributed by atoms with Crippen LogP contribution in [-0.2, 0) is 4.79 Å². The lowest BCUT2D eigenvalue weighted by Crippen LogP contribution is -1.69. The van der Waals surface area contributed by atoms with Crippen LogP contribution in [0.4, 0.5) is 0 Å². The Kier molecular flexibility index (Phi) is 15.1. The quantitative estimate of drug-likeness (QED) is 0.326. The summed E-state index contributed by atoms with van der Waals surface area (Å²) in [7, 11) is 0. The molecule has 0 radical (unpaired) electrons. The zero-order chi connectivity index (χ0) is 8.41. The molecule has 0 N–H and O–H groups in total. The molecule has 0 atom stereocenters. The van der Waals surface area contributed by atoms with E-state index in [9.17, 15) is 4.79 Å². The lowest BCUT2D eigenvalue weighted by molar-refractivity contribution is -0.106. The third-order valence-electron chi connectivity index (χ3n) is 0.407. The Labute approximate surface area is 78.5 Å². The van der Waals surface area contributed by atoms with E-state index in [-0.39, 0.29) is 4.69 Å². The molecule has 0 unspecified atom stereocenters. The van der Waals surface area contributed by atoms with Crippen molar-refractivity contribution in [3.05, 3.63) is 24.8 Å². The van der Waals surface area contributed by atoms with Gasteiger partial charge in [-0.15, -0.1) is 6.58 Å². The van der Waals surface area contributed by atoms with Gasteiger partial charge in [0, 0.05) is 5.33 Å². The average molecular weight is 270 g/mol. The number of carbonyl (C=O) groups is 1. The molecule has 0 fully saturated rings. The van der Waals surface area contributed by atoms with Crippen LogP contribution < -0.4 is 0 Å². The molecule has 0 saturated carbocycles. The van der Waals surface area contributed by atoms with Crippen LogP contribution in [0.15, 0.2) is 24.8 Å². The number of carbonyl (C=O) groups excluding carboxylic acids is 1. The summed E-state index contributed by atoms with van der Waals surface area (Å²) in [5.41, 5.74) is 0. The molecule has 10 heavy (non-hydrogen) atoms. The number of hydrogen-bond acceptors (Lipinski definition) is 1. The third-order valence-corrected chi connectivity index (χ3v) is 1.13. The van der Waals surface area contributed by atoms with Gasteiger partial charge in [0.25, 0.3) is 0 Å². The second-order valence-electron chi connectivity index (χ2n) is 1.25. The van der Waals surface area contributed by atoms with Crippen molar-refractivity contribution in [2.24, 2.45) is 0 Å². The predicted octanol–water partition coefficient (Wildman–Crippen LogP) is 3.05. The Hall–Kier alpha value is 0.110. The molecule has 3 heteroatoms. The van der Waals surface area contributed by atoms with Crippen molar-refractivity contribution in [1.82, 2.24) is 0 Å². The topological polar surface area (TPSA) is 17.1 Å². The first-order valence-electron chi connectivity index (χ1n) is 2.68. The van der Waals surface area contributed by atoms with E-state index >= 15 is 0 Å². The number of hydrogen-bond donors (Lipinski definition) is 0. The molecule has 0 aliphatic carbocycles. The monoisotopic (exact) mass is 268 g/mol. The summed E-state index contributed by atoms with van der Waals surface area (Å²) in [6.45, 7) is 5.22. The van der Waals surface area contributed by atoms with Gasteiger partial charge in [0.05, 0.1) is 0 Å². The molecule has 0 aliphatic heterocycles. The smallest absolute Gasteiger partial charge is 0.220 e. The van der Waals surface area contributed by atoms with Gasteiger partial charge >= 0.3 is 0 Å². The highest BCUT2D eigenvalue weighted by Crippen LogP contribution is 1.83. The molecule has 0 amide bonds. The highest BCUT2D eigenvalue weighted by atomic mass is 79.9. The standard InChI is InChI=1S/C4H5BrO.C3H5Br/c1-2-3-4(5)6;1-2-3-4/h2-3H,1H3;2H,1,3H2. The van der Waals surface area contributed by atoms with Gasteiger partial charge < -0.3 is 0 Å². The zero-order valence-electron chi connectivity index (χ0n) is 5.81. The third kappa shape index (κ3) is 24.3. The minimum absolute atomic E-state index is 0.0787. The van der Waals surface area contributed by atoms with Crippen LogP contribution in [-0.4, -0.2) is 10.0 Å². The summed E-state index contributed by atoms with van der Waals surface area (Å²) in [4.78, 5) is 9.87. The first kappa shape index (κ1) is 12.8. The molecule has 0 aromatic heterocycles. The van der Waals surface area contributed by atoms with Crippen LogP contribution in [0.3, 0.4) is 0 Å². The van der Waals surface area contributed by atoms with Crippen molar-refractivity contribution in [3.8, 4) is 0 Å². The van der Waals surface area contributed by atoms with E-state index in [1.54, 1.807) is 19.1 Å². The van der Waals surface area contributed by atoms with Crippen LogP contribution in [0.2, 0.25) is 0 Å². The van der Waals surface area contributed by atoms with Gasteiger partial charge in [-0.05, 0) is 28.9 Å². The molecule has 0 aromatic carbocycles. The maximum absolute atomic E-state index is 9.87. The molecule has 0 rings (SSSR count). The average Bonchev–Trinajstić information content (AvgIpc) is 1.89. The fraction of sp³-hybridized carbons (Fsp3) is 0.286. The fourth-order valence-corrected chi connectivity index (χ4v) is 0.395. The van der Waals surface area contributed by atoms with Crippen molar-refractivity contribution in [3.63, 3.8) is 0 Å². The van der Waals surface area contributed by atoms with Gasteiger partial charge in [-0.25, -0.2) is 0 Å². The maximum atomic E-state index is 9.87. The Bertz CT molecular complexity index is 119. The lowest BCUT2D eigenvalue weighted by atomic mass is 10.6. The minimum atomic E-state index is -0.0787. The van der Waals surface area contributed by atoms with Crippen molar-refractivity contribution in [1.29, 1.82) is 0 Å². The first-order chi connectivity index (χ1) is 4.68. The molecule has 0 aliphatic rings. The molecule has 0 heterocycles. The van der Waals surface area contributed by atoms with Crippen molar-refractivity contribution in [2.45, 2.75) is 6.92 Å². The Morgan fingerprint density at radius 3 is 2.10 bits per heavy atom. The van der Waals surface area contributed by atoms with Gasteiger partial charge in [0.2, 0.25) is 4.69 Å². The highest BCUT2D eigenvalue weighted by molar-refractivity contribution is 9.18. The molecule has 0 bridgehead atoms. The van der Waals surface area contributed by atoms with Gasteiger partial charge in [-0.3, -0.25) is 4.79 Å². The second kappa shape index (κ2) is 11.9. The lowest BCUT2D eigenvalue weighted by Gasteiger charge is -1.65. The number of rotatable bonds is 2. The van der Waals surface area contributed by atoms with E-state index in [4.69, 9.17) is 0 Å². The normalized spacial score (nSPS) is 8.30. The SMILES string of the molecule is C=CCBr.CC=CC(=O)Br. The molecule has 1 nitrogen and oxygen atoms in total. The van der Waals surface area contributed by atoms with Crippen LogP contribution in [0.1, 0.15) is 6.92 Å². The summed E-state index contributed by atoms with van der Waals surface area (Å²) in [6.07, 6.45) is 4.91. The van der Waals surface area contributed by atoms with Gasteiger partial charge in [-0.1, -0.05) is 28.1 Å². The summed E-state index contributed by atoms with van der Waals surface area (Å²) in [5.74, 6) is 0.